The van der Waals surface area contributed by atoms with Crippen molar-refractivity contribution in [2.75, 3.05) is 11.5 Å². The minimum absolute atomic E-state index is 0.0456. The lowest BCUT2D eigenvalue weighted by Crippen LogP contribution is -2.16. The minimum atomic E-state index is -2.71. The number of hydrogen-bond acceptors (Lipinski definition) is 5. The molecule has 0 bridgehead atoms. The van der Waals surface area contributed by atoms with Crippen LogP contribution in [0.3, 0.4) is 0 Å². The molecule has 1 heterocycles. The van der Waals surface area contributed by atoms with Crippen LogP contribution in [0.4, 0.5) is 8.78 Å². The molecule has 142 valence electrons. The van der Waals surface area contributed by atoms with Crippen molar-refractivity contribution in [3.8, 4) is 0 Å². The van der Waals surface area contributed by atoms with Crippen molar-refractivity contribution in [2.24, 2.45) is 0 Å². The van der Waals surface area contributed by atoms with E-state index in [1.807, 2.05) is 12.1 Å². The molecule has 3 nitrogen and oxygen atoms in total. The fraction of sp³-hybridized carbons (Fsp3) is 0.474. The van der Waals surface area contributed by atoms with Gasteiger partial charge in [-0.15, -0.1) is 11.8 Å². The van der Waals surface area contributed by atoms with Gasteiger partial charge in [-0.3, -0.25) is 4.79 Å². The quantitative estimate of drug-likeness (QED) is 0.289. The Morgan fingerprint density at radius 3 is 2.58 bits per heavy atom. The number of thioether (sulfide) groups is 2. The molecule has 0 N–H and O–H groups in total. The molecule has 0 spiro atoms. The Labute approximate surface area is 159 Å². The van der Waals surface area contributed by atoms with Crippen LogP contribution in [-0.4, -0.2) is 22.5 Å². The third-order valence-corrected chi connectivity index (χ3v) is 6.04. The highest BCUT2D eigenvalue weighted by molar-refractivity contribution is 8.13. The molecule has 0 aliphatic heterocycles. The molecule has 0 saturated heterocycles. The zero-order chi connectivity index (χ0) is 19.0. The first-order valence-electron chi connectivity index (χ1n) is 8.60. The number of rotatable bonds is 10. The second-order valence-electron chi connectivity index (χ2n) is 5.91. The largest absolute Gasteiger partial charge is 0.423 e. The summed E-state index contributed by atoms with van der Waals surface area (Å²) in [4.78, 5) is 23.5. The number of halogens is 2. The highest BCUT2D eigenvalue weighted by Gasteiger charge is 2.27. The van der Waals surface area contributed by atoms with Gasteiger partial charge in [0.05, 0.1) is 0 Å². The molecule has 0 saturated carbocycles. The van der Waals surface area contributed by atoms with Gasteiger partial charge in [0.2, 0.25) is 5.92 Å². The lowest BCUT2D eigenvalue weighted by molar-refractivity contribution is -0.110. The van der Waals surface area contributed by atoms with E-state index in [1.165, 1.54) is 17.8 Å². The Kier molecular flexibility index (Phi) is 8.15. The van der Waals surface area contributed by atoms with E-state index in [0.717, 1.165) is 22.0 Å². The number of carbonyl (C=O) groups is 1. The number of hydrogen-bond donors (Lipinski definition) is 0. The molecular formula is C19H22F2O3S2. The highest BCUT2D eigenvalue weighted by Crippen LogP contribution is 2.31. The van der Waals surface area contributed by atoms with Crippen molar-refractivity contribution in [1.82, 2.24) is 0 Å². The standard InChI is InChI=1S/C19H22F2O3S2/c1-2-18(23)26-12-6-10-19(20,21)9-5-11-25-16-13-17(22)24-15-8-4-3-7-14(15)16/h3-4,7-8,13H,2,5-6,9-12H2,1H3. The zero-order valence-corrected chi connectivity index (χ0v) is 16.3. The van der Waals surface area contributed by atoms with Gasteiger partial charge in [-0.1, -0.05) is 36.9 Å². The monoisotopic (exact) mass is 400 g/mol. The molecule has 1 aromatic carbocycles. The Bertz CT molecular complexity index is 790. The van der Waals surface area contributed by atoms with Gasteiger partial charge in [0, 0.05) is 41.4 Å². The summed E-state index contributed by atoms with van der Waals surface area (Å²) in [6, 6.07) is 8.61. The van der Waals surface area contributed by atoms with Crippen LogP contribution in [0, 0.1) is 0 Å². The van der Waals surface area contributed by atoms with Gasteiger partial charge in [-0.05, 0) is 24.7 Å². The van der Waals surface area contributed by atoms with E-state index in [-0.39, 0.29) is 18.0 Å². The molecule has 0 aliphatic rings. The molecule has 2 rings (SSSR count). The third kappa shape index (κ3) is 6.76. The lowest BCUT2D eigenvalue weighted by atomic mass is 10.1. The van der Waals surface area contributed by atoms with E-state index < -0.39 is 11.5 Å². The van der Waals surface area contributed by atoms with E-state index in [0.29, 0.717) is 36.4 Å². The molecular weight excluding hydrogens is 378 g/mol. The zero-order valence-electron chi connectivity index (χ0n) is 14.6. The maximum atomic E-state index is 13.9. The van der Waals surface area contributed by atoms with Crippen LogP contribution in [0.5, 0.6) is 0 Å². The Morgan fingerprint density at radius 2 is 1.85 bits per heavy atom. The molecule has 0 atom stereocenters. The van der Waals surface area contributed by atoms with Crippen LogP contribution in [0.1, 0.15) is 39.0 Å². The van der Waals surface area contributed by atoms with Crippen LogP contribution in [0.25, 0.3) is 11.0 Å². The summed E-state index contributed by atoms with van der Waals surface area (Å²) >= 11 is 2.53. The van der Waals surface area contributed by atoms with Gasteiger partial charge >= 0.3 is 5.63 Å². The van der Waals surface area contributed by atoms with Crippen LogP contribution < -0.4 is 5.63 Å². The summed E-state index contributed by atoms with van der Waals surface area (Å²) < 4.78 is 32.9. The normalized spacial score (nSPS) is 11.8. The second kappa shape index (κ2) is 10.1. The van der Waals surface area contributed by atoms with Gasteiger partial charge in [0.15, 0.2) is 5.12 Å². The predicted molar refractivity (Wildman–Crippen MR) is 104 cm³/mol. The Balaban J connectivity index is 1.77. The van der Waals surface area contributed by atoms with Gasteiger partial charge in [0.1, 0.15) is 5.58 Å². The van der Waals surface area contributed by atoms with Crippen molar-refractivity contribution in [3.05, 3.63) is 40.8 Å². The Hall–Kier alpha value is -1.34. The number of alkyl halides is 2. The van der Waals surface area contributed by atoms with Crippen LogP contribution in [0.15, 0.2) is 44.4 Å². The van der Waals surface area contributed by atoms with Crippen LogP contribution in [-0.2, 0) is 4.79 Å². The first-order valence-corrected chi connectivity index (χ1v) is 10.6. The maximum Gasteiger partial charge on any atom is 0.337 e. The maximum absolute atomic E-state index is 13.9. The van der Waals surface area contributed by atoms with Gasteiger partial charge in [0.25, 0.3) is 0 Å². The van der Waals surface area contributed by atoms with E-state index in [4.69, 9.17) is 4.42 Å². The number of carbonyl (C=O) groups excluding carboxylic acids is 1. The summed E-state index contributed by atoms with van der Waals surface area (Å²) in [6.45, 7) is 1.77. The first kappa shape index (κ1) is 21.0. The molecule has 26 heavy (non-hydrogen) atoms. The first-order chi connectivity index (χ1) is 12.4. The van der Waals surface area contributed by atoms with E-state index >= 15 is 0 Å². The summed E-state index contributed by atoms with van der Waals surface area (Å²) in [6.07, 6.45) is 0.740. The summed E-state index contributed by atoms with van der Waals surface area (Å²) in [5.74, 6) is -1.76. The number of para-hydroxylation sites is 1. The SMILES string of the molecule is CCC(=O)SCCCC(F)(F)CCCSc1cc(=O)oc2ccccc12. The van der Waals surface area contributed by atoms with Crippen molar-refractivity contribution in [2.45, 2.75) is 49.8 Å². The van der Waals surface area contributed by atoms with Gasteiger partial charge in [-0.25, -0.2) is 13.6 Å². The predicted octanol–water partition coefficient (Wildman–Crippen LogP) is 5.75. The summed E-state index contributed by atoms with van der Waals surface area (Å²) in [7, 11) is 0. The van der Waals surface area contributed by atoms with Crippen molar-refractivity contribution < 1.29 is 18.0 Å². The highest BCUT2D eigenvalue weighted by atomic mass is 32.2. The van der Waals surface area contributed by atoms with E-state index in [9.17, 15) is 18.4 Å². The van der Waals surface area contributed by atoms with Crippen LogP contribution >= 0.6 is 23.5 Å². The molecule has 0 amide bonds. The van der Waals surface area contributed by atoms with Crippen molar-refractivity contribution in [3.63, 3.8) is 0 Å². The fourth-order valence-corrected chi connectivity index (χ4v) is 4.19. The third-order valence-electron chi connectivity index (χ3n) is 3.80. The minimum Gasteiger partial charge on any atom is -0.423 e. The average Bonchev–Trinajstić information content (AvgIpc) is 2.62. The average molecular weight is 401 g/mol. The van der Waals surface area contributed by atoms with Gasteiger partial charge < -0.3 is 4.42 Å². The molecule has 2 aromatic rings. The lowest BCUT2D eigenvalue weighted by Gasteiger charge is -2.15. The fourth-order valence-electron chi connectivity index (χ4n) is 2.46. The molecule has 0 fully saturated rings. The number of benzene rings is 1. The second-order valence-corrected chi connectivity index (χ2v) is 8.20. The van der Waals surface area contributed by atoms with Crippen molar-refractivity contribution >= 4 is 39.6 Å². The smallest absolute Gasteiger partial charge is 0.337 e. The Morgan fingerprint density at radius 1 is 1.15 bits per heavy atom. The molecule has 0 radical (unpaired) electrons. The molecule has 7 heteroatoms. The summed E-state index contributed by atoms with van der Waals surface area (Å²) in [5, 5.41) is 0.866. The van der Waals surface area contributed by atoms with Gasteiger partial charge in [-0.2, -0.15) is 0 Å². The van der Waals surface area contributed by atoms with E-state index in [1.54, 1.807) is 19.1 Å². The van der Waals surface area contributed by atoms with Crippen LogP contribution in [0.2, 0.25) is 0 Å². The molecule has 0 aliphatic carbocycles. The summed E-state index contributed by atoms with van der Waals surface area (Å²) in [5.41, 5.74) is 0.0719. The topological polar surface area (TPSA) is 47.3 Å². The van der Waals surface area contributed by atoms with Crippen molar-refractivity contribution in [1.29, 1.82) is 0 Å². The molecule has 1 aromatic heterocycles. The number of fused-ring (bicyclic) bond motifs is 1. The molecule has 0 unspecified atom stereocenters. The van der Waals surface area contributed by atoms with E-state index in [2.05, 4.69) is 0 Å².